The van der Waals surface area contributed by atoms with Gasteiger partial charge in [-0.25, -0.2) is 9.59 Å². The molecule has 0 radical (unpaired) electrons. The largest absolute Gasteiger partial charge is 0.462 e. The van der Waals surface area contributed by atoms with Crippen LogP contribution in [0.4, 0.5) is 0 Å². The predicted octanol–water partition coefficient (Wildman–Crippen LogP) is 4.41. The van der Waals surface area contributed by atoms with Crippen LogP contribution >= 0.6 is 0 Å². The molecule has 0 unspecified atom stereocenters. The van der Waals surface area contributed by atoms with Crippen LogP contribution in [0.3, 0.4) is 0 Å². The molecule has 0 fully saturated rings. The highest BCUT2D eigenvalue weighted by molar-refractivity contribution is 7.85. The van der Waals surface area contributed by atoms with Gasteiger partial charge >= 0.3 is 11.9 Å². The van der Waals surface area contributed by atoms with E-state index in [2.05, 4.69) is 13.8 Å². The van der Waals surface area contributed by atoms with Crippen molar-refractivity contribution in [3.8, 4) is 0 Å². The Balaban J connectivity index is 2.85. The van der Waals surface area contributed by atoms with E-state index in [1.807, 2.05) is 0 Å². The van der Waals surface area contributed by atoms with Gasteiger partial charge in [0.2, 0.25) is 0 Å². The fraction of sp³-hybridized carbons (Fsp3) is 0.600. The Morgan fingerprint density at radius 2 is 1.21 bits per heavy atom. The summed E-state index contributed by atoms with van der Waals surface area (Å²) >= 11 is 0. The van der Waals surface area contributed by atoms with Gasteiger partial charge in [-0.15, -0.1) is 0 Å². The molecule has 0 amide bonds. The molecule has 0 saturated heterocycles. The van der Waals surface area contributed by atoms with Crippen LogP contribution in [0.2, 0.25) is 0 Å². The molecular weight excluding hydrogens is 384 g/mol. The van der Waals surface area contributed by atoms with Crippen LogP contribution in [0.5, 0.6) is 0 Å². The average Bonchev–Trinajstić information content (AvgIpc) is 2.66. The minimum atomic E-state index is -4.60. The lowest BCUT2D eigenvalue weighted by Gasteiger charge is -2.09. The Bertz CT molecular complexity index is 697. The number of hydrogen-bond acceptors (Lipinski definition) is 6. The molecule has 8 heteroatoms. The fourth-order valence-corrected chi connectivity index (χ4v) is 3.09. The Kier molecular flexibility index (Phi) is 10.8. The van der Waals surface area contributed by atoms with Gasteiger partial charge in [0.1, 0.15) is 0 Å². The van der Waals surface area contributed by atoms with Gasteiger partial charge in [0.05, 0.1) is 29.2 Å². The topological polar surface area (TPSA) is 107 Å². The lowest BCUT2D eigenvalue weighted by atomic mass is 10.1. The molecular formula is C20H30O7S. The first-order valence-corrected chi connectivity index (χ1v) is 11.2. The maximum Gasteiger partial charge on any atom is 0.338 e. The van der Waals surface area contributed by atoms with Crippen LogP contribution in [0.1, 0.15) is 85.9 Å². The second-order valence-electron chi connectivity index (χ2n) is 6.61. The van der Waals surface area contributed by atoms with Crippen LogP contribution in [0.15, 0.2) is 23.1 Å². The van der Waals surface area contributed by atoms with Crippen LogP contribution in [-0.2, 0) is 19.6 Å². The van der Waals surface area contributed by atoms with E-state index in [0.29, 0.717) is 12.8 Å². The Morgan fingerprint density at radius 3 is 1.57 bits per heavy atom. The third-order valence-corrected chi connectivity index (χ3v) is 4.97. The van der Waals surface area contributed by atoms with E-state index < -0.39 is 27.0 Å². The van der Waals surface area contributed by atoms with E-state index in [-0.39, 0.29) is 24.3 Å². The van der Waals surface area contributed by atoms with Gasteiger partial charge in [0.25, 0.3) is 10.1 Å². The minimum absolute atomic E-state index is 0.122. The molecule has 158 valence electrons. The molecule has 28 heavy (non-hydrogen) atoms. The molecule has 7 nitrogen and oxygen atoms in total. The molecule has 1 aromatic carbocycles. The highest BCUT2D eigenvalue weighted by Gasteiger charge is 2.20. The quantitative estimate of drug-likeness (QED) is 0.289. The standard InChI is InChI=1S/C20H30O7S/c1-3-5-7-9-11-26-19(21)16-13-17(15-18(14-16)28(23,24)25)20(22)27-12-10-8-6-4-2/h13-15H,3-12H2,1-2H3,(H,23,24,25). The molecule has 1 N–H and O–H groups in total. The number of rotatable bonds is 13. The van der Waals surface area contributed by atoms with Crippen molar-refractivity contribution in [1.82, 2.24) is 0 Å². The van der Waals surface area contributed by atoms with E-state index in [0.717, 1.165) is 50.7 Å². The lowest BCUT2D eigenvalue weighted by molar-refractivity contribution is 0.0495. The molecule has 0 atom stereocenters. The molecule has 1 aromatic rings. The van der Waals surface area contributed by atoms with Gasteiger partial charge in [-0.2, -0.15) is 8.42 Å². The second-order valence-corrected chi connectivity index (χ2v) is 8.04. The maximum absolute atomic E-state index is 12.2. The zero-order chi connectivity index (χ0) is 21.0. The number of carbonyl (C=O) groups is 2. The number of esters is 2. The molecule has 1 rings (SSSR count). The van der Waals surface area contributed by atoms with Crippen LogP contribution < -0.4 is 0 Å². The normalized spacial score (nSPS) is 11.2. The third kappa shape index (κ3) is 8.84. The number of unbranched alkanes of at least 4 members (excludes halogenated alkanes) is 6. The summed E-state index contributed by atoms with van der Waals surface area (Å²) in [5.74, 6) is -1.50. The summed E-state index contributed by atoms with van der Waals surface area (Å²) in [6, 6.07) is 3.20. The second kappa shape index (κ2) is 12.5. The summed E-state index contributed by atoms with van der Waals surface area (Å²) in [5, 5.41) is 0. The zero-order valence-corrected chi connectivity index (χ0v) is 17.4. The minimum Gasteiger partial charge on any atom is -0.462 e. The molecule has 0 aliphatic rings. The zero-order valence-electron chi connectivity index (χ0n) is 16.6. The lowest BCUT2D eigenvalue weighted by Crippen LogP contribution is -2.13. The number of ether oxygens (including phenoxy) is 2. The van der Waals surface area contributed by atoms with E-state index in [4.69, 9.17) is 9.47 Å². The van der Waals surface area contributed by atoms with Crippen LogP contribution in [0.25, 0.3) is 0 Å². The predicted molar refractivity (Wildman–Crippen MR) is 105 cm³/mol. The maximum atomic E-state index is 12.2. The molecule has 0 aliphatic heterocycles. The average molecular weight is 415 g/mol. The van der Waals surface area contributed by atoms with Gasteiger partial charge in [0, 0.05) is 0 Å². The van der Waals surface area contributed by atoms with Gasteiger partial charge in [-0.1, -0.05) is 52.4 Å². The first-order valence-electron chi connectivity index (χ1n) is 9.76. The van der Waals surface area contributed by atoms with Crippen LogP contribution in [0, 0.1) is 0 Å². The fourth-order valence-electron chi connectivity index (χ4n) is 2.54. The summed E-state index contributed by atoms with van der Waals surface area (Å²) < 4.78 is 42.6. The highest BCUT2D eigenvalue weighted by atomic mass is 32.2. The van der Waals surface area contributed by atoms with Crippen molar-refractivity contribution in [3.05, 3.63) is 29.3 Å². The third-order valence-electron chi connectivity index (χ3n) is 4.14. The first-order chi connectivity index (χ1) is 13.3. The van der Waals surface area contributed by atoms with Crippen molar-refractivity contribution < 1.29 is 32.0 Å². The van der Waals surface area contributed by atoms with Crippen molar-refractivity contribution in [1.29, 1.82) is 0 Å². The highest BCUT2D eigenvalue weighted by Crippen LogP contribution is 2.18. The van der Waals surface area contributed by atoms with Gasteiger partial charge in [-0.3, -0.25) is 4.55 Å². The van der Waals surface area contributed by atoms with Gasteiger partial charge in [0.15, 0.2) is 0 Å². The number of carbonyl (C=O) groups excluding carboxylic acids is 2. The Labute approximate surface area is 167 Å². The summed E-state index contributed by atoms with van der Waals surface area (Å²) in [6.07, 6.45) is 7.40. The Hall–Kier alpha value is -1.93. The van der Waals surface area contributed by atoms with E-state index in [9.17, 15) is 22.6 Å². The SMILES string of the molecule is CCCCCCOC(=O)c1cc(C(=O)OCCCCCC)cc(S(=O)(=O)O)c1. The van der Waals surface area contributed by atoms with E-state index >= 15 is 0 Å². The molecule has 0 spiro atoms. The monoisotopic (exact) mass is 414 g/mol. The van der Waals surface area contributed by atoms with Gasteiger partial charge < -0.3 is 9.47 Å². The van der Waals surface area contributed by atoms with Crippen molar-refractivity contribution in [3.63, 3.8) is 0 Å². The summed E-state index contributed by atoms with van der Waals surface area (Å²) in [7, 11) is -4.60. The summed E-state index contributed by atoms with van der Waals surface area (Å²) in [6.45, 7) is 4.53. The van der Waals surface area contributed by atoms with Crippen molar-refractivity contribution in [2.24, 2.45) is 0 Å². The first kappa shape index (κ1) is 24.1. The number of hydrogen-bond donors (Lipinski definition) is 1. The molecule has 0 saturated carbocycles. The van der Waals surface area contributed by atoms with E-state index in [1.165, 1.54) is 6.07 Å². The van der Waals surface area contributed by atoms with Gasteiger partial charge in [-0.05, 0) is 31.0 Å². The van der Waals surface area contributed by atoms with Crippen molar-refractivity contribution in [2.75, 3.05) is 13.2 Å². The van der Waals surface area contributed by atoms with Crippen molar-refractivity contribution >= 4 is 22.1 Å². The van der Waals surface area contributed by atoms with Crippen molar-refractivity contribution in [2.45, 2.75) is 70.1 Å². The Morgan fingerprint density at radius 1 is 0.786 bits per heavy atom. The van der Waals surface area contributed by atoms with E-state index in [1.54, 1.807) is 0 Å². The molecule has 0 aliphatic carbocycles. The van der Waals surface area contributed by atoms with Crippen LogP contribution in [-0.4, -0.2) is 38.1 Å². The summed E-state index contributed by atoms with van der Waals surface area (Å²) in [4.78, 5) is 23.9. The number of benzene rings is 1. The summed E-state index contributed by atoms with van der Waals surface area (Å²) in [5.41, 5.74) is -0.243. The molecule has 0 heterocycles. The molecule has 0 aromatic heterocycles. The smallest absolute Gasteiger partial charge is 0.338 e. The molecule has 0 bridgehead atoms.